The number of nitrogens with one attached hydrogen (secondary N) is 1. The van der Waals surface area contributed by atoms with Crippen molar-refractivity contribution in [3.05, 3.63) is 24.3 Å². The highest BCUT2D eigenvalue weighted by molar-refractivity contribution is 5.96. The van der Waals surface area contributed by atoms with Crippen LogP contribution in [-0.2, 0) is 14.3 Å². The summed E-state index contributed by atoms with van der Waals surface area (Å²) in [5.74, 6) is -2.98. The summed E-state index contributed by atoms with van der Waals surface area (Å²) < 4.78 is 47.3. The molecule has 1 aromatic rings. The van der Waals surface area contributed by atoms with Crippen LogP contribution < -0.4 is 10.1 Å². The van der Waals surface area contributed by atoms with E-state index in [1.165, 1.54) is 25.3 Å². The SMILES string of the molecule is COC(=O)[C@](O)(CC(=O)Nc1ccccc1OC)C(F)(F)F. The Morgan fingerprint density at radius 3 is 2.32 bits per heavy atom. The Morgan fingerprint density at radius 2 is 1.82 bits per heavy atom. The minimum Gasteiger partial charge on any atom is -0.495 e. The van der Waals surface area contributed by atoms with Gasteiger partial charge in [0.15, 0.2) is 0 Å². The Labute approximate surface area is 123 Å². The zero-order valence-corrected chi connectivity index (χ0v) is 11.7. The van der Waals surface area contributed by atoms with Crippen molar-refractivity contribution in [1.82, 2.24) is 0 Å². The molecule has 1 aromatic carbocycles. The number of alkyl halides is 3. The number of ether oxygens (including phenoxy) is 2. The van der Waals surface area contributed by atoms with Crippen LogP contribution in [-0.4, -0.2) is 43.0 Å². The van der Waals surface area contributed by atoms with Gasteiger partial charge in [0.25, 0.3) is 5.60 Å². The van der Waals surface area contributed by atoms with Crippen LogP contribution in [0.2, 0.25) is 0 Å². The number of anilines is 1. The second-order valence-electron chi connectivity index (χ2n) is 4.27. The second kappa shape index (κ2) is 6.65. The molecule has 0 aliphatic heterocycles. The molecule has 0 aliphatic carbocycles. The van der Waals surface area contributed by atoms with Gasteiger partial charge >= 0.3 is 12.1 Å². The molecule has 9 heteroatoms. The van der Waals surface area contributed by atoms with Gasteiger partial charge in [0.05, 0.1) is 26.3 Å². The van der Waals surface area contributed by atoms with Gasteiger partial charge in [-0.3, -0.25) is 4.79 Å². The van der Waals surface area contributed by atoms with Crippen molar-refractivity contribution in [3.63, 3.8) is 0 Å². The van der Waals surface area contributed by atoms with Gasteiger partial charge in [0.1, 0.15) is 5.75 Å². The van der Waals surface area contributed by atoms with Gasteiger partial charge in [-0.05, 0) is 12.1 Å². The predicted molar refractivity (Wildman–Crippen MR) is 69.3 cm³/mol. The van der Waals surface area contributed by atoms with E-state index < -0.39 is 30.1 Å². The molecule has 0 spiro atoms. The number of carbonyl (C=O) groups is 2. The van der Waals surface area contributed by atoms with Gasteiger partial charge in [-0.2, -0.15) is 13.2 Å². The molecule has 0 saturated carbocycles. The molecule has 22 heavy (non-hydrogen) atoms. The summed E-state index contributed by atoms with van der Waals surface area (Å²) in [7, 11) is 1.99. The lowest BCUT2D eigenvalue weighted by molar-refractivity contribution is -0.261. The number of hydrogen-bond acceptors (Lipinski definition) is 5. The first-order chi connectivity index (χ1) is 10.2. The first-order valence-corrected chi connectivity index (χ1v) is 5.96. The van der Waals surface area contributed by atoms with Gasteiger partial charge in [-0.15, -0.1) is 0 Å². The molecule has 2 N–H and O–H groups in total. The minimum absolute atomic E-state index is 0.101. The Balaban J connectivity index is 2.96. The van der Waals surface area contributed by atoms with Crippen LogP contribution in [0.1, 0.15) is 6.42 Å². The maximum atomic E-state index is 12.8. The quantitative estimate of drug-likeness (QED) is 0.803. The van der Waals surface area contributed by atoms with Crippen LogP contribution in [0, 0.1) is 0 Å². The summed E-state index contributed by atoms with van der Waals surface area (Å²) in [5.41, 5.74) is -3.82. The third-order valence-electron chi connectivity index (χ3n) is 2.79. The fourth-order valence-corrected chi connectivity index (χ4v) is 1.63. The number of benzene rings is 1. The van der Waals surface area contributed by atoms with E-state index >= 15 is 0 Å². The Morgan fingerprint density at radius 1 is 1.23 bits per heavy atom. The normalized spacial score (nSPS) is 13.9. The number of methoxy groups -OCH3 is 2. The van der Waals surface area contributed by atoms with E-state index in [9.17, 15) is 27.9 Å². The molecular formula is C13H14F3NO5. The van der Waals surface area contributed by atoms with Crippen LogP contribution >= 0.6 is 0 Å². The van der Waals surface area contributed by atoms with Crippen LogP contribution in [0.15, 0.2) is 24.3 Å². The summed E-state index contributed by atoms with van der Waals surface area (Å²) >= 11 is 0. The monoisotopic (exact) mass is 321 g/mol. The van der Waals surface area contributed by atoms with E-state index in [2.05, 4.69) is 10.1 Å². The molecule has 1 atom stereocenters. The molecule has 0 saturated heterocycles. The Bertz CT molecular complexity index is 561. The summed E-state index contributed by atoms with van der Waals surface area (Å²) in [6.45, 7) is 0. The number of esters is 1. The number of rotatable bonds is 5. The van der Waals surface area contributed by atoms with E-state index in [0.717, 1.165) is 0 Å². The van der Waals surface area contributed by atoms with Gasteiger partial charge in [-0.25, -0.2) is 4.79 Å². The molecule has 0 fully saturated rings. The topological polar surface area (TPSA) is 84.9 Å². The molecule has 1 rings (SSSR count). The van der Waals surface area contributed by atoms with Crippen molar-refractivity contribution >= 4 is 17.6 Å². The average Bonchev–Trinajstić information content (AvgIpc) is 2.45. The molecule has 0 aromatic heterocycles. The zero-order valence-electron chi connectivity index (χ0n) is 11.7. The number of hydrogen-bond donors (Lipinski definition) is 2. The highest BCUT2D eigenvalue weighted by atomic mass is 19.4. The fourth-order valence-electron chi connectivity index (χ4n) is 1.63. The lowest BCUT2D eigenvalue weighted by atomic mass is 9.98. The smallest absolute Gasteiger partial charge is 0.428 e. The van der Waals surface area contributed by atoms with Crippen molar-refractivity contribution in [2.75, 3.05) is 19.5 Å². The van der Waals surface area contributed by atoms with Crippen molar-refractivity contribution < 1.29 is 37.3 Å². The van der Waals surface area contributed by atoms with Crippen LogP contribution in [0.5, 0.6) is 5.75 Å². The van der Waals surface area contributed by atoms with E-state index in [-0.39, 0.29) is 11.4 Å². The molecule has 0 heterocycles. The minimum atomic E-state index is -5.36. The number of para-hydroxylation sites is 2. The van der Waals surface area contributed by atoms with E-state index in [1.807, 2.05) is 0 Å². The highest BCUT2D eigenvalue weighted by Gasteiger charge is 2.61. The zero-order chi connectivity index (χ0) is 17.0. The molecule has 122 valence electrons. The second-order valence-corrected chi connectivity index (χ2v) is 4.27. The van der Waals surface area contributed by atoms with Crippen LogP contribution in [0.3, 0.4) is 0 Å². The molecule has 0 radical (unpaired) electrons. The summed E-state index contributed by atoms with van der Waals surface area (Å²) in [5, 5.41) is 11.6. The maximum absolute atomic E-state index is 12.8. The maximum Gasteiger partial charge on any atom is 0.428 e. The number of halogens is 3. The van der Waals surface area contributed by atoms with E-state index in [0.29, 0.717) is 7.11 Å². The van der Waals surface area contributed by atoms with Crippen molar-refractivity contribution in [1.29, 1.82) is 0 Å². The molecule has 0 aliphatic rings. The summed E-state index contributed by atoms with van der Waals surface area (Å²) in [4.78, 5) is 22.9. The molecule has 1 amide bonds. The summed E-state index contributed by atoms with van der Waals surface area (Å²) in [6, 6.07) is 5.98. The first kappa shape index (κ1) is 17.8. The van der Waals surface area contributed by atoms with Gasteiger partial charge in [0, 0.05) is 0 Å². The standard InChI is InChI=1S/C13H14F3NO5/c1-21-9-6-4-3-5-8(9)17-10(18)7-12(20,11(19)22-2)13(14,15)16/h3-6,20H,7H2,1-2H3,(H,17,18)/t12-/m1/s1. The van der Waals surface area contributed by atoms with E-state index in [1.54, 1.807) is 6.07 Å². The average molecular weight is 321 g/mol. The Kier molecular flexibility index (Phi) is 5.37. The van der Waals surface area contributed by atoms with Gasteiger partial charge < -0.3 is 19.9 Å². The third kappa shape index (κ3) is 3.67. The molecular weight excluding hydrogens is 307 g/mol. The van der Waals surface area contributed by atoms with Crippen LogP contribution in [0.4, 0.5) is 18.9 Å². The summed E-state index contributed by atoms with van der Waals surface area (Å²) in [6.07, 6.45) is -6.90. The number of amides is 1. The number of aliphatic hydroxyl groups is 1. The Hall–Kier alpha value is -2.29. The number of carbonyl (C=O) groups excluding carboxylic acids is 2. The van der Waals surface area contributed by atoms with Crippen molar-refractivity contribution in [2.24, 2.45) is 0 Å². The van der Waals surface area contributed by atoms with E-state index in [4.69, 9.17) is 4.74 Å². The molecule has 0 bridgehead atoms. The van der Waals surface area contributed by atoms with Crippen molar-refractivity contribution in [3.8, 4) is 5.75 Å². The third-order valence-corrected chi connectivity index (χ3v) is 2.79. The van der Waals surface area contributed by atoms with Crippen LogP contribution in [0.25, 0.3) is 0 Å². The van der Waals surface area contributed by atoms with Crippen molar-refractivity contribution in [2.45, 2.75) is 18.2 Å². The van der Waals surface area contributed by atoms with Gasteiger partial charge in [-0.1, -0.05) is 12.1 Å². The highest BCUT2D eigenvalue weighted by Crippen LogP contribution is 2.35. The fraction of sp³-hybridized carbons (Fsp3) is 0.385. The predicted octanol–water partition coefficient (Wildman–Crippen LogP) is 1.49. The lowest BCUT2D eigenvalue weighted by Crippen LogP contribution is -2.54. The molecule has 0 unspecified atom stereocenters. The lowest BCUT2D eigenvalue weighted by Gasteiger charge is -2.27. The first-order valence-electron chi connectivity index (χ1n) is 5.96. The largest absolute Gasteiger partial charge is 0.495 e. The van der Waals surface area contributed by atoms with Gasteiger partial charge in [0.2, 0.25) is 5.91 Å². The molecule has 6 nitrogen and oxygen atoms in total.